The highest BCUT2D eigenvalue weighted by Crippen LogP contribution is 2.26. The molecule has 0 saturated carbocycles. The average molecular weight is 499 g/mol. The second-order valence-electron chi connectivity index (χ2n) is 9.72. The van der Waals surface area contributed by atoms with Gasteiger partial charge < -0.3 is 15.1 Å². The third-order valence-corrected chi connectivity index (χ3v) is 6.88. The molecule has 1 heterocycles. The number of hydrogen-bond acceptors (Lipinski definition) is 5. The van der Waals surface area contributed by atoms with Crippen molar-refractivity contribution in [1.82, 2.24) is 19.9 Å². The van der Waals surface area contributed by atoms with Crippen LogP contribution in [0, 0.1) is 6.92 Å². The molecule has 0 aliphatic heterocycles. The van der Waals surface area contributed by atoms with E-state index in [2.05, 4.69) is 15.6 Å². The lowest BCUT2D eigenvalue weighted by molar-refractivity contribution is -0.146. The minimum Gasteiger partial charge on any atom is -0.378 e. The zero-order valence-electron chi connectivity index (χ0n) is 22.1. The molecule has 0 fully saturated rings. The summed E-state index contributed by atoms with van der Waals surface area (Å²) in [5.74, 6) is -0.449. The number of amides is 2. The van der Waals surface area contributed by atoms with Crippen LogP contribution in [-0.4, -0.2) is 51.3 Å². The molecule has 3 aromatic carbocycles. The molecule has 1 unspecified atom stereocenters. The number of benzene rings is 3. The summed E-state index contributed by atoms with van der Waals surface area (Å²) < 4.78 is 1.59. The van der Waals surface area contributed by atoms with Gasteiger partial charge >= 0.3 is 0 Å². The van der Waals surface area contributed by atoms with Crippen molar-refractivity contribution in [1.29, 1.82) is 0 Å². The van der Waals surface area contributed by atoms with Gasteiger partial charge in [-0.3, -0.25) is 9.59 Å². The van der Waals surface area contributed by atoms with Gasteiger partial charge in [0.05, 0.1) is 5.52 Å². The second kappa shape index (κ2) is 10.8. The Morgan fingerprint density at radius 1 is 0.973 bits per heavy atom. The smallest absolute Gasteiger partial charge is 0.250 e. The van der Waals surface area contributed by atoms with Crippen LogP contribution in [0.5, 0.6) is 0 Å². The fraction of sp³-hybridized carbons (Fsp3) is 0.310. The maximum atomic E-state index is 13.9. The summed E-state index contributed by atoms with van der Waals surface area (Å²) in [6.45, 7) is 6.04. The van der Waals surface area contributed by atoms with Gasteiger partial charge in [0.15, 0.2) is 0 Å². The molecule has 1 atom stereocenters. The van der Waals surface area contributed by atoms with E-state index in [0.29, 0.717) is 18.7 Å². The SMILES string of the molecule is CCC(C)(C(=O)Nc1ccc(N(C)C)cc1)N(Cc1ccc(C)cc1)C(=O)Cn1nnc2ccccc21. The lowest BCUT2D eigenvalue weighted by Crippen LogP contribution is -2.57. The molecule has 2 amide bonds. The van der Waals surface area contributed by atoms with Gasteiger partial charge in [-0.2, -0.15) is 0 Å². The number of carbonyl (C=O) groups excluding carboxylic acids is 2. The zero-order valence-corrected chi connectivity index (χ0v) is 22.1. The van der Waals surface area contributed by atoms with Crippen molar-refractivity contribution >= 4 is 34.2 Å². The van der Waals surface area contributed by atoms with Gasteiger partial charge in [0.1, 0.15) is 17.6 Å². The van der Waals surface area contributed by atoms with Crippen LogP contribution < -0.4 is 10.2 Å². The highest BCUT2D eigenvalue weighted by atomic mass is 16.2. The largest absolute Gasteiger partial charge is 0.378 e. The van der Waals surface area contributed by atoms with Crippen molar-refractivity contribution in [3.8, 4) is 0 Å². The number of nitrogens with zero attached hydrogens (tertiary/aromatic N) is 5. The third kappa shape index (κ3) is 5.63. The summed E-state index contributed by atoms with van der Waals surface area (Å²) in [6, 6.07) is 23.2. The quantitative estimate of drug-likeness (QED) is 0.363. The van der Waals surface area contributed by atoms with Crippen LogP contribution in [0.4, 0.5) is 11.4 Å². The molecule has 0 aliphatic rings. The number of carbonyl (C=O) groups is 2. The number of aromatic nitrogens is 3. The van der Waals surface area contributed by atoms with E-state index >= 15 is 0 Å². The first-order valence-electron chi connectivity index (χ1n) is 12.4. The summed E-state index contributed by atoms with van der Waals surface area (Å²) in [6.07, 6.45) is 0.435. The zero-order chi connectivity index (χ0) is 26.6. The van der Waals surface area contributed by atoms with Crippen LogP contribution in [0.25, 0.3) is 11.0 Å². The highest BCUT2D eigenvalue weighted by molar-refractivity contribution is 6.00. The summed E-state index contributed by atoms with van der Waals surface area (Å²) >= 11 is 0. The van der Waals surface area contributed by atoms with E-state index in [1.165, 1.54) is 0 Å². The van der Waals surface area contributed by atoms with Crippen molar-refractivity contribution in [2.45, 2.75) is 45.8 Å². The van der Waals surface area contributed by atoms with Crippen LogP contribution in [0.2, 0.25) is 0 Å². The van der Waals surface area contributed by atoms with Gasteiger partial charge in [0.2, 0.25) is 11.8 Å². The molecule has 0 aliphatic carbocycles. The lowest BCUT2D eigenvalue weighted by Gasteiger charge is -2.39. The molecule has 0 saturated heterocycles. The van der Waals surface area contributed by atoms with E-state index in [1.54, 1.807) is 9.58 Å². The Bertz CT molecular complexity index is 1380. The van der Waals surface area contributed by atoms with Gasteiger partial charge in [-0.25, -0.2) is 4.68 Å². The van der Waals surface area contributed by atoms with Crippen LogP contribution in [0.3, 0.4) is 0 Å². The summed E-state index contributed by atoms with van der Waals surface area (Å²) in [5, 5.41) is 11.4. The topological polar surface area (TPSA) is 83.4 Å². The molecule has 8 nitrogen and oxygen atoms in total. The first-order chi connectivity index (χ1) is 17.7. The van der Waals surface area contributed by atoms with Crippen LogP contribution in [0.1, 0.15) is 31.4 Å². The van der Waals surface area contributed by atoms with Crippen molar-refractivity contribution in [2.24, 2.45) is 0 Å². The first-order valence-corrected chi connectivity index (χ1v) is 12.4. The predicted molar refractivity (Wildman–Crippen MR) is 147 cm³/mol. The third-order valence-electron chi connectivity index (χ3n) is 6.88. The summed E-state index contributed by atoms with van der Waals surface area (Å²) in [5.41, 5.74) is 4.19. The Hall–Kier alpha value is -4.20. The molecule has 0 bridgehead atoms. The number of aryl methyl sites for hydroxylation is 1. The second-order valence-corrected chi connectivity index (χ2v) is 9.72. The number of hydrogen-bond donors (Lipinski definition) is 1. The van der Waals surface area contributed by atoms with Crippen LogP contribution in [-0.2, 0) is 22.7 Å². The molecule has 0 spiro atoms. The minimum atomic E-state index is -1.10. The number of para-hydroxylation sites is 1. The van der Waals surface area contributed by atoms with Crippen LogP contribution in [0.15, 0.2) is 72.8 Å². The Kier molecular flexibility index (Phi) is 7.57. The number of anilines is 2. The molecular formula is C29H34N6O2. The van der Waals surface area contributed by atoms with Gasteiger partial charge in [-0.15, -0.1) is 5.10 Å². The van der Waals surface area contributed by atoms with Crippen molar-refractivity contribution < 1.29 is 9.59 Å². The Morgan fingerprint density at radius 2 is 1.65 bits per heavy atom. The molecule has 37 heavy (non-hydrogen) atoms. The fourth-order valence-electron chi connectivity index (χ4n) is 4.24. The summed E-state index contributed by atoms with van der Waals surface area (Å²) in [7, 11) is 3.93. The van der Waals surface area contributed by atoms with Gasteiger partial charge in [0.25, 0.3) is 0 Å². The molecule has 4 rings (SSSR count). The number of rotatable bonds is 9. The standard InChI is InChI=1S/C29H34N6O2/c1-6-29(3,28(37)30-23-15-17-24(18-16-23)33(4)5)34(19-22-13-11-21(2)12-14-22)27(36)20-35-26-10-8-7-9-25(26)31-32-35/h7-18H,6,19-20H2,1-5H3,(H,30,37). The van der Waals surface area contributed by atoms with E-state index < -0.39 is 5.54 Å². The van der Waals surface area contributed by atoms with E-state index in [0.717, 1.165) is 27.8 Å². The van der Waals surface area contributed by atoms with E-state index in [1.807, 2.05) is 113 Å². The average Bonchev–Trinajstić information content (AvgIpc) is 3.30. The maximum absolute atomic E-state index is 13.9. The maximum Gasteiger partial charge on any atom is 0.250 e. The molecule has 0 radical (unpaired) electrons. The predicted octanol–water partition coefficient (Wildman–Crippen LogP) is 4.64. The highest BCUT2D eigenvalue weighted by Gasteiger charge is 2.41. The molecule has 1 N–H and O–H groups in total. The lowest BCUT2D eigenvalue weighted by atomic mass is 9.93. The molecule has 4 aromatic rings. The normalized spacial score (nSPS) is 12.7. The molecule has 192 valence electrons. The van der Waals surface area contributed by atoms with Gasteiger partial charge in [-0.1, -0.05) is 54.1 Å². The van der Waals surface area contributed by atoms with Crippen molar-refractivity contribution in [2.75, 3.05) is 24.3 Å². The van der Waals surface area contributed by atoms with Crippen LogP contribution >= 0.6 is 0 Å². The fourth-order valence-corrected chi connectivity index (χ4v) is 4.24. The minimum absolute atomic E-state index is 0.0211. The van der Waals surface area contributed by atoms with E-state index in [4.69, 9.17) is 0 Å². The molecule has 1 aromatic heterocycles. The van der Waals surface area contributed by atoms with Gasteiger partial charge in [-0.05, 0) is 62.2 Å². The Morgan fingerprint density at radius 3 is 2.30 bits per heavy atom. The molecule has 8 heteroatoms. The van der Waals surface area contributed by atoms with Gasteiger partial charge in [0, 0.05) is 32.0 Å². The number of nitrogens with one attached hydrogen (secondary N) is 1. The Balaban J connectivity index is 1.64. The van der Waals surface area contributed by atoms with Crippen molar-refractivity contribution in [3.63, 3.8) is 0 Å². The van der Waals surface area contributed by atoms with E-state index in [9.17, 15) is 9.59 Å². The summed E-state index contributed by atoms with van der Waals surface area (Å²) in [4.78, 5) is 31.3. The van der Waals surface area contributed by atoms with E-state index in [-0.39, 0.29) is 18.4 Å². The number of fused-ring (bicyclic) bond motifs is 1. The Labute approximate surface area is 217 Å². The molecular weight excluding hydrogens is 464 g/mol. The van der Waals surface area contributed by atoms with Crippen molar-refractivity contribution in [3.05, 3.63) is 83.9 Å². The monoisotopic (exact) mass is 498 g/mol. The first kappa shape index (κ1) is 25.9.